The van der Waals surface area contributed by atoms with Crippen molar-refractivity contribution < 1.29 is 17.0 Å². The second kappa shape index (κ2) is 7.04. The minimum atomic E-state index is 0. The predicted molar refractivity (Wildman–Crippen MR) is 78.2 cm³/mol. The Hall–Kier alpha value is -2.13. The SMILES string of the molecule is Cc1ccccc1Cn1c[n+](Cc2ccccc2)cn1.[Cl-]. The number of halogens is 1. The Balaban J connectivity index is 0.00000161. The van der Waals surface area contributed by atoms with Gasteiger partial charge < -0.3 is 12.4 Å². The Labute approximate surface area is 131 Å². The van der Waals surface area contributed by atoms with Crippen molar-refractivity contribution in [2.24, 2.45) is 0 Å². The summed E-state index contributed by atoms with van der Waals surface area (Å²) in [5.74, 6) is 0. The monoisotopic (exact) mass is 299 g/mol. The van der Waals surface area contributed by atoms with Gasteiger partial charge in [-0.25, -0.2) is 4.57 Å². The lowest BCUT2D eigenvalue weighted by molar-refractivity contribution is -0.689. The molecule has 2 aromatic carbocycles. The molecule has 0 aliphatic rings. The second-order valence-electron chi connectivity index (χ2n) is 5.03. The minimum absolute atomic E-state index is 0. The summed E-state index contributed by atoms with van der Waals surface area (Å²) < 4.78 is 4.08. The van der Waals surface area contributed by atoms with Crippen LogP contribution >= 0.6 is 0 Å². The van der Waals surface area contributed by atoms with Crippen molar-refractivity contribution in [1.29, 1.82) is 0 Å². The molecule has 0 radical (unpaired) electrons. The van der Waals surface area contributed by atoms with Crippen LogP contribution in [0.15, 0.2) is 67.3 Å². The average molecular weight is 300 g/mol. The molecule has 3 nitrogen and oxygen atoms in total. The van der Waals surface area contributed by atoms with Gasteiger partial charge in [-0.3, -0.25) is 0 Å². The van der Waals surface area contributed by atoms with E-state index in [4.69, 9.17) is 0 Å². The third-order valence-corrected chi connectivity index (χ3v) is 3.43. The first-order valence-electron chi connectivity index (χ1n) is 6.81. The summed E-state index contributed by atoms with van der Waals surface area (Å²) in [5.41, 5.74) is 3.90. The molecule has 0 aliphatic carbocycles. The normalized spacial score (nSPS) is 10.1. The van der Waals surface area contributed by atoms with Gasteiger partial charge >= 0.3 is 0 Å². The summed E-state index contributed by atoms with van der Waals surface area (Å²) in [6.07, 6.45) is 3.94. The number of rotatable bonds is 4. The van der Waals surface area contributed by atoms with Gasteiger partial charge in [0.15, 0.2) is 0 Å². The van der Waals surface area contributed by atoms with Gasteiger partial charge in [0, 0.05) is 5.10 Å². The topological polar surface area (TPSA) is 21.7 Å². The average Bonchev–Trinajstić information content (AvgIpc) is 2.90. The maximum Gasteiger partial charge on any atom is 0.265 e. The summed E-state index contributed by atoms with van der Waals surface area (Å²) in [7, 11) is 0. The lowest BCUT2D eigenvalue weighted by atomic mass is 10.1. The summed E-state index contributed by atoms with van der Waals surface area (Å²) in [6.45, 7) is 3.81. The Morgan fingerprint density at radius 2 is 1.71 bits per heavy atom. The van der Waals surface area contributed by atoms with Crippen molar-refractivity contribution in [2.75, 3.05) is 0 Å². The van der Waals surface area contributed by atoms with Gasteiger partial charge in [0.05, 0.1) is 6.54 Å². The molecule has 0 bridgehead atoms. The van der Waals surface area contributed by atoms with E-state index in [1.54, 1.807) is 0 Å². The fraction of sp³-hybridized carbons (Fsp3) is 0.176. The summed E-state index contributed by atoms with van der Waals surface area (Å²) >= 11 is 0. The molecule has 0 N–H and O–H groups in total. The van der Waals surface area contributed by atoms with Gasteiger partial charge in [-0.2, -0.15) is 0 Å². The quantitative estimate of drug-likeness (QED) is 0.600. The van der Waals surface area contributed by atoms with Crippen LogP contribution in [0.25, 0.3) is 0 Å². The highest BCUT2D eigenvalue weighted by molar-refractivity contribution is 5.25. The maximum atomic E-state index is 4.43. The number of hydrogen-bond acceptors (Lipinski definition) is 1. The molecule has 0 fully saturated rings. The number of hydrogen-bond donors (Lipinski definition) is 0. The first-order chi connectivity index (χ1) is 9.81. The number of nitrogens with zero attached hydrogens (tertiary/aromatic N) is 3. The standard InChI is InChI=1S/C17H18N3.ClH/c1-15-7-5-6-10-17(15)12-20-14-19(13-18-20)11-16-8-3-2-4-9-16;/h2-10,13-14H,11-12H2,1H3;1H/q+1;/p-1. The van der Waals surface area contributed by atoms with E-state index >= 15 is 0 Å². The summed E-state index contributed by atoms with van der Waals surface area (Å²) in [5, 5.41) is 4.43. The highest BCUT2D eigenvalue weighted by Gasteiger charge is 2.08. The largest absolute Gasteiger partial charge is 1.00 e. The van der Waals surface area contributed by atoms with Crippen molar-refractivity contribution in [3.8, 4) is 0 Å². The third-order valence-electron chi connectivity index (χ3n) is 3.43. The first kappa shape index (κ1) is 15.3. The summed E-state index contributed by atoms with van der Waals surface area (Å²) in [6, 6.07) is 18.9. The number of benzene rings is 2. The van der Waals surface area contributed by atoms with E-state index in [-0.39, 0.29) is 12.4 Å². The Morgan fingerprint density at radius 3 is 2.48 bits per heavy atom. The van der Waals surface area contributed by atoms with Gasteiger partial charge in [0.2, 0.25) is 6.33 Å². The highest BCUT2D eigenvalue weighted by atomic mass is 35.5. The molecule has 3 aromatic rings. The molecule has 0 aliphatic heterocycles. The van der Waals surface area contributed by atoms with E-state index in [9.17, 15) is 0 Å². The van der Waals surface area contributed by atoms with Gasteiger partial charge in [0.25, 0.3) is 6.33 Å². The molecule has 0 unspecified atom stereocenters. The third kappa shape index (κ3) is 3.92. The van der Waals surface area contributed by atoms with Gasteiger partial charge in [-0.15, -0.1) is 4.68 Å². The van der Waals surface area contributed by atoms with Crippen molar-refractivity contribution in [3.63, 3.8) is 0 Å². The van der Waals surface area contributed by atoms with Crippen LogP contribution in [0, 0.1) is 6.92 Å². The van der Waals surface area contributed by atoms with E-state index in [0.717, 1.165) is 13.1 Å². The zero-order valence-corrected chi connectivity index (χ0v) is 12.7. The molecular formula is C17H18ClN3. The second-order valence-corrected chi connectivity index (χ2v) is 5.03. The van der Waals surface area contributed by atoms with Gasteiger partial charge in [-0.1, -0.05) is 54.6 Å². The van der Waals surface area contributed by atoms with Crippen LogP contribution in [0.3, 0.4) is 0 Å². The fourth-order valence-corrected chi connectivity index (χ4v) is 2.28. The van der Waals surface area contributed by atoms with Crippen LogP contribution in [-0.2, 0) is 13.1 Å². The molecule has 3 rings (SSSR count). The molecular weight excluding hydrogens is 282 g/mol. The Morgan fingerprint density at radius 1 is 1.00 bits per heavy atom. The first-order valence-corrected chi connectivity index (χ1v) is 6.81. The molecule has 108 valence electrons. The smallest absolute Gasteiger partial charge is 0.265 e. The lowest BCUT2D eigenvalue weighted by Crippen LogP contribution is -3.00. The zero-order chi connectivity index (χ0) is 13.8. The van der Waals surface area contributed by atoms with E-state index in [1.165, 1.54) is 16.7 Å². The molecule has 21 heavy (non-hydrogen) atoms. The Kier molecular flexibility index (Phi) is 5.12. The van der Waals surface area contributed by atoms with Crippen LogP contribution < -0.4 is 17.0 Å². The van der Waals surface area contributed by atoms with E-state index in [2.05, 4.69) is 71.4 Å². The minimum Gasteiger partial charge on any atom is -1.00 e. The van der Waals surface area contributed by atoms with Crippen molar-refractivity contribution in [1.82, 2.24) is 9.78 Å². The van der Waals surface area contributed by atoms with Gasteiger partial charge in [0.1, 0.15) is 6.54 Å². The fourth-order valence-electron chi connectivity index (χ4n) is 2.28. The van der Waals surface area contributed by atoms with Crippen LogP contribution in [0.1, 0.15) is 16.7 Å². The van der Waals surface area contributed by atoms with Crippen molar-refractivity contribution in [2.45, 2.75) is 20.0 Å². The molecule has 0 saturated carbocycles. The van der Waals surface area contributed by atoms with Crippen LogP contribution in [0.5, 0.6) is 0 Å². The van der Waals surface area contributed by atoms with Crippen LogP contribution in [0.4, 0.5) is 0 Å². The van der Waals surface area contributed by atoms with Crippen molar-refractivity contribution in [3.05, 3.63) is 83.9 Å². The Bertz CT molecular complexity index is 692. The lowest BCUT2D eigenvalue weighted by Gasteiger charge is -2.00. The van der Waals surface area contributed by atoms with E-state index in [1.807, 2.05) is 17.1 Å². The molecule has 1 heterocycles. The molecule has 0 amide bonds. The number of aryl methyl sites for hydroxylation is 1. The molecule has 0 atom stereocenters. The summed E-state index contributed by atoms with van der Waals surface area (Å²) in [4.78, 5) is 0. The highest BCUT2D eigenvalue weighted by Crippen LogP contribution is 2.07. The predicted octanol–water partition coefficient (Wildman–Crippen LogP) is -0.420. The van der Waals surface area contributed by atoms with E-state index < -0.39 is 0 Å². The van der Waals surface area contributed by atoms with Crippen molar-refractivity contribution >= 4 is 0 Å². The van der Waals surface area contributed by atoms with E-state index in [0.29, 0.717) is 0 Å². The van der Waals surface area contributed by atoms with Crippen LogP contribution in [-0.4, -0.2) is 9.78 Å². The van der Waals surface area contributed by atoms with Gasteiger partial charge in [-0.05, 0) is 23.6 Å². The molecule has 0 saturated heterocycles. The molecule has 0 spiro atoms. The van der Waals surface area contributed by atoms with Crippen LogP contribution in [0.2, 0.25) is 0 Å². The molecule has 4 heteroatoms. The maximum absolute atomic E-state index is 4.43. The molecule has 1 aromatic heterocycles. The zero-order valence-electron chi connectivity index (χ0n) is 12.0. The number of aromatic nitrogens is 3.